The van der Waals surface area contributed by atoms with Crippen molar-refractivity contribution >= 4 is 46.2 Å². The Labute approximate surface area is 150 Å². The van der Waals surface area contributed by atoms with Crippen molar-refractivity contribution in [2.24, 2.45) is 0 Å². The van der Waals surface area contributed by atoms with Crippen molar-refractivity contribution in [3.63, 3.8) is 0 Å². The van der Waals surface area contributed by atoms with Crippen LogP contribution in [0.4, 0.5) is 11.4 Å². The van der Waals surface area contributed by atoms with Crippen molar-refractivity contribution in [3.8, 4) is 0 Å². The predicted molar refractivity (Wildman–Crippen MR) is 104 cm³/mol. The fourth-order valence-corrected chi connectivity index (χ4v) is 3.91. The molecule has 0 bridgehead atoms. The summed E-state index contributed by atoms with van der Waals surface area (Å²) >= 11 is 0. The molecular weight excluding hydrogens is 340 g/mol. The van der Waals surface area contributed by atoms with Gasteiger partial charge in [-0.2, -0.15) is 0 Å². The minimum atomic E-state index is 0.762. The molecule has 0 aromatic heterocycles. The topological polar surface area (TPSA) is 40.6 Å². The minimum absolute atomic E-state index is 0.762. The average Bonchev–Trinajstić information content (AvgIpc) is 2.65. The fourth-order valence-electron chi connectivity index (χ4n) is 2.14. The summed E-state index contributed by atoms with van der Waals surface area (Å²) in [5.41, 5.74) is 3.92. The second-order valence-corrected chi connectivity index (χ2v) is 7.04. The molecule has 2 aromatic carbocycles. The molecule has 0 aliphatic rings. The molecule has 4 nitrogen and oxygen atoms in total. The molecule has 0 saturated carbocycles. The van der Waals surface area contributed by atoms with Crippen LogP contribution < -0.4 is 8.61 Å². The Balaban J connectivity index is 2.09. The van der Waals surface area contributed by atoms with Gasteiger partial charge in [-0.3, -0.25) is 9.59 Å². The highest BCUT2D eigenvalue weighted by molar-refractivity contribution is 8.78. The first-order valence-electron chi connectivity index (χ1n) is 7.73. The zero-order chi connectivity index (χ0) is 17.4. The molecule has 6 heteroatoms. The van der Waals surface area contributed by atoms with E-state index in [-0.39, 0.29) is 0 Å². The van der Waals surface area contributed by atoms with Crippen LogP contribution in [0.15, 0.2) is 48.5 Å². The zero-order valence-electron chi connectivity index (χ0n) is 13.7. The summed E-state index contributed by atoms with van der Waals surface area (Å²) < 4.78 is 3.04. The summed E-state index contributed by atoms with van der Waals surface area (Å²) in [5.74, 6) is 0. The van der Waals surface area contributed by atoms with Gasteiger partial charge in [0.05, 0.1) is 33.3 Å². The van der Waals surface area contributed by atoms with Crippen molar-refractivity contribution in [1.29, 1.82) is 0 Å². The van der Waals surface area contributed by atoms with E-state index >= 15 is 0 Å². The maximum absolute atomic E-state index is 11.4. The molecule has 24 heavy (non-hydrogen) atoms. The lowest BCUT2D eigenvalue weighted by Gasteiger charge is -2.20. The number of hydrogen-bond donors (Lipinski definition) is 0. The van der Waals surface area contributed by atoms with E-state index < -0.39 is 0 Å². The third-order valence-electron chi connectivity index (χ3n) is 3.53. The number of carbonyl (C=O) groups is 2. The van der Waals surface area contributed by atoms with Gasteiger partial charge < -0.3 is 0 Å². The molecule has 0 atom stereocenters. The molecular formula is C18H20N2O2S2. The molecule has 0 saturated heterocycles. The second-order valence-electron chi connectivity index (χ2n) is 5.06. The Hall–Kier alpha value is -1.92. The van der Waals surface area contributed by atoms with E-state index in [1.807, 2.05) is 48.5 Å². The molecule has 2 aromatic rings. The van der Waals surface area contributed by atoms with Crippen molar-refractivity contribution in [1.82, 2.24) is 0 Å². The fraction of sp³-hybridized carbons (Fsp3) is 0.222. The third kappa shape index (κ3) is 4.79. The second kappa shape index (κ2) is 9.39. The van der Waals surface area contributed by atoms with Crippen LogP contribution in [0.3, 0.4) is 0 Å². The summed E-state index contributed by atoms with van der Waals surface area (Å²) in [6.45, 7) is 4.14. The molecule has 0 spiro atoms. The van der Waals surface area contributed by atoms with Gasteiger partial charge in [0.2, 0.25) is 12.8 Å². The minimum Gasteiger partial charge on any atom is -0.277 e. The first-order chi connectivity index (χ1) is 11.7. The Morgan fingerprint density at radius 2 is 1.21 bits per heavy atom. The smallest absolute Gasteiger partial charge is 0.224 e. The average molecular weight is 361 g/mol. The third-order valence-corrected chi connectivity index (χ3v) is 5.68. The first-order valence-corrected chi connectivity index (χ1v) is 9.79. The summed E-state index contributed by atoms with van der Waals surface area (Å²) in [7, 11) is 2.42. The van der Waals surface area contributed by atoms with E-state index in [4.69, 9.17) is 0 Å². The highest BCUT2D eigenvalue weighted by Crippen LogP contribution is 2.35. The van der Waals surface area contributed by atoms with Crippen LogP contribution in [0.2, 0.25) is 0 Å². The van der Waals surface area contributed by atoms with Gasteiger partial charge in [-0.05, 0) is 48.2 Å². The first kappa shape index (κ1) is 18.4. The molecule has 0 N–H and O–H groups in total. The molecule has 0 aliphatic carbocycles. The van der Waals surface area contributed by atoms with Gasteiger partial charge in [0, 0.05) is 0 Å². The Bertz CT molecular complexity index is 635. The summed E-state index contributed by atoms with van der Waals surface area (Å²) in [5, 5.41) is 0. The van der Waals surface area contributed by atoms with Gasteiger partial charge in [-0.25, -0.2) is 8.61 Å². The van der Waals surface area contributed by atoms with E-state index in [9.17, 15) is 9.59 Å². The Morgan fingerprint density at radius 3 is 1.54 bits per heavy atom. The van der Waals surface area contributed by atoms with Crippen LogP contribution >= 0.6 is 22.0 Å². The molecule has 2 rings (SSSR count). The number of benzene rings is 2. The molecule has 2 amide bonds. The summed E-state index contributed by atoms with van der Waals surface area (Å²) in [6.07, 6.45) is 3.33. The number of amides is 2. The highest BCUT2D eigenvalue weighted by atomic mass is 33.1. The van der Waals surface area contributed by atoms with Crippen LogP contribution in [-0.4, -0.2) is 12.8 Å². The molecule has 0 radical (unpaired) electrons. The van der Waals surface area contributed by atoms with Gasteiger partial charge in [0.1, 0.15) is 0 Å². The Morgan fingerprint density at radius 1 is 0.792 bits per heavy atom. The van der Waals surface area contributed by atoms with Gasteiger partial charge in [-0.15, -0.1) is 0 Å². The Kier molecular flexibility index (Phi) is 7.21. The van der Waals surface area contributed by atoms with Gasteiger partial charge in [-0.1, -0.05) is 38.1 Å². The number of hydrogen-bond acceptors (Lipinski definition) is 4. The van der Waals surface area contributed by atoms with Crippen molar-refractivity contribution in [2.75, 3.05) is 8.61 Å². The van der Waals surface area contributed by atoms with Gasteiger partial charge >= 0.3 is 0 Å². The SMILES string of the molecule is CCc1cccc(N(C=O)SSN(C=O)c2cccc(CC)c2)c1. The standard InChI is InChI=1S/C18H20N2O2S2/c1-3-15-7-5-9-17(11-15)19(13-21)23-24-20(14-22)18-10-6-8-16(4-2)12-18/h5-14H,3-4H2,1-2H3. The van der Waals surface area contributed by atoms with Crippen LogP contribution in [0.25, 0.3) is 0 Å². The molecule has 0 heterocycles. The predicted octanol–water partition coefficient (Wildman–Crippen LogP) is 4.65. The lowest BCUT2D eigenvalue weighted by molar-refractivity contribution is -0.107. The zero-order valence-corrected chi connectivity index (χ0v) is 15.3. The van der Waals surface area contributed by atoms with Crippen molar-refractivity contribution < 1.29 is 9.59 Å². The van der Waals surface area contributed by atoms with Gasteiger partial charge in [0.25, 0.3) is 0 Å². The molecule has 0 aliphatic heterocycles. The molecule has 0 fully saturated rings. The van der Waals surface area contributed by atoms with E-state index in [1.54, 1.807) is 0 Å². The van der Waals surface area contributed by atoms with Crippen molar-refractivity contribution in [2.45, 2.75) is 26.7 Å². The molecule has 126 valence electrons. The quantitative estimate of drug-likeness (QED) is 0.371. The van der Waals surface area contributed by atoms with Crippen LogP contribution in [0, 0.1) is 0 Å². The number of rotatable bonds is 9. The van der Waals surface area contributed by atoms with Crippen molar-refractivity contribution in [3.05, 3.63) is 59.7 Å². The van der Waals surface area contributed by atoms with E-state index in [0.717, 1.165) is 48.2 Å². The lowest BCUT2D eigenvalue weighted by atomic mass is 10.1. The number of anilines is 2. The maximum Gasteiger partial charge on any atom is 0.224 e. The molecule has 0 unspecified atom stereocenters. The highest BCUT2D eigenvalue weighted by Gasteiger charge is 2.13. The van der Waals surface area contributed by atoms with Crippen LogP contribution in [-0.2, 0) is 22.4 Å². The number of nitrogens with zero attached hydrogens (tertiary/aromatic N) is 2. The maximum atomic E-state index is 11.4. The van der Waals surface area contributed by atoms with Gasteiger partial charge in [0.15, 0.2) is 0 Å². The summed E-state index contributed by atoms with van der Waals surface area (Å²) in [4.78, 5) is 22.9. The normalized spacial score (nSPS) is 10.2. The van der Waals surface area contributed by atoms with E-state index in [2.05, 4.69) is 13.8 Å². The number of carbonyl (C=O) groups excluding carboxylic acids is 2. The lowest BCUT2D eigenvalue weighted by Crippen LogP contribution is -2.15. The van der Waals surface area contributed by atoms with Crippen LogP contribution in [0.5, 0.6) is 0 Å². The van der Waals surface area contributed by atoms with Crippen LogP contribution in [0.1, 0.15) is 25.0 Å². The largest absolute Gasteiger partial charge is 0.277 e. The number of aryl methyl sites for hydroxylation is 2. The summed E-state index contributed by atoms with van der Waals surface area (Å²) in [6, 6.07) is 15.6. The van der Waals surface area contributed by atoms with E-state index in [0.29, 0.717) is 0 Å². The van der Waals surface area contributed by atoms with E-state index in [1.165, 1.54) is 30.6 Å². The monoisotopic (exact) mass is 360 g/mol.